The predicted octanol–water partition coefficient (Wildman–Crippen LogP) is 4.26. The Bertz CT molecular complexity index is 626. The molecule has 0 heterocycles. The second-order valence-corrected chi connectivity index (χ2v) is 5.13. The maximum Gasteiger partial charge on any atom is 0.255 e. The number of hydrogen-bond acceptors (Lipinski definition) is 3. The van der Waals surface area contributed by atoms with E-state index in [0.717, 1.165) is 23.4 Å². The van der Waals surface area contributed by atoms with Gasteiger partial charge in [-0.15, -0.1) is 0 Å². The number of benzene rings is 2. The molecular formula is C19H23NO3. The summed E-state index contributed by atoms with van der Waals surface area (Å²) in [7, 11) is 0. The van der Waals surface area contributed by atoms with Gasteiger partial charge in [0.2, 0.25) is 0 Å². The van der Waals surface area contributed by atoms with E-state index in [1.807, 2.05) is 49.4 Å². The lowest BCUT2D eigenvalue weighted by Gasteiger charge is -2.12. The van der Waals surface area contributed by atoms with Crippen LogP contribution >= 0.6 is 0 Å². The quantitative estimate of drug-likeness (QED) is 0.741. The third-order valence-electron chi connectivity index (χ3n) is 3.26. The maximum atomic E-state index is 12.4. The van der Waals surface area contributed by atoms with E-state index in [-0.39, 0.29) is 5.91 Å². The second kappa shape index (κ2) is 8.96. The molecule has 0 saturated carbocycles. The highest BCUT2D eigenvalue weighted by Gasteiger charge is 2.11. The van der Waals surface area contributed by atoms with Gasteiger partial charge in [0.1, 0.15) is 5.75 Å². The van der Waals surface area contributed by atoms with Crippen LogP contribution in [-0.4, -0.2) is 19.1 Å². The monoisotopic (exact) mass is 313 g/mol. The van der Waals surface area contributed by atoms with E-state index in [1.54, 1.807) is 6.07 Å². The molecule has 1 amide bonds. The van der Waals surface area contributed by atoms with Crippen LogP contribution in [-0.2, 0) is 11.3 Å². The minimum absolute atomic E-state index is 0.143. The van der Waals surface area contributed by atoms with Gasteiger partial charge in [-0.1, -0.05) is 25.1 Å². The number of para-hydroxylation sites is 1. The highest BCUT2D eigenvalue weighted by Crippen LogP contribution is 2.22. The van der Waals surface area contributed by atoms with Crippen molar-refractivity contribution in [3.8, 4) is 5.75 Å². The Morgan fingerprint density at radius 1 is 1.09 bits per heavy atom. The summed E-state index contributed by atoms with van der Waals surface area (Å²) in [6.45, 7) is 5.71. The highest BCUT2D eigenvalue weighted by molar-refractivity contribution is 6.04. The largest absolute Gasteiger partial charge is 0.494 e. The SMILES string of the molecule is CCCOCc1cc(C(=O)Nc2ccccc2)ccc1OCC. The first-order valence-corrected chi connectivity index (χ1v) is 7.94. The summed E-state index contributed by atoms with van der Waals surface area (Å²) in [4.78, 5) is 12.4. The van der Waals surface area contributed by atoms with E-state index >= 15 is 0 Å². The molecule has 1 N–H and O–H groups in total. The number of nitrogens with one attached hydrogen (secondary N) is 1. The van der Waals surface area contributed by atoms with Crippen LogP contribution in [0.1, 0.15) is 36.2 Å². The Morgan fingerprint density at radius 3 is 2.57 bits per heavy atom. The lowest BCUT2D eigenvalue weighted by molar-refractivity contribution is 0.102. The molecule has 0 aliphatic heterocycles. The van der Waals surface area contributed by atoms with E-state index in [0.29, 0.717) is 25.4 Å². The molecule has 0 bridgehead atoms. The fourth-order valence-electron chi connectivity index (χ4n) is 2.18. The zero-order chi connectivity index (χ0) is 16.5. The van der Waals surface area contributed by atoms with Gasteiger partial charge >= 0.3 is 0 Å². The number of hydrogen-bond donors (Lipinski definition) is 1. The normalized spacial score (nSPS) is 10.3. The van der Waals surface area contributed by atoms with Gasteiger partial charge < -0.3 is 14.8 Å². The Morgan fingerprint density at radius 2 is 1.87 bits per heavy atom. The van der Waals surface area contributed by atoms with Crippen molar-refractivity contribution in [1.82, 2.24) is 0 Å². The molecule has 0 fully saturated rings. The Labute approximate surface area is 137 Å². The molecule has 23 heavy (non-hydrogen) atoms. The van der Waals surface area contributed by atoms with Gasteiger partial charge in [0, 0.05) is 23.4 Å². The molecule has 0 atom stereocenters. The van der Waals surface area contributed by atoms with Gasteiger partial charge in [-0.25, -0.2) is 0 Å². The van der Waals surface area contributed by atoms with Crippen molar-refractivity contribution in [2.75, 3.05) is 18.5 Å². The molecule has 0 aliphatic carbocycles. The van der Waals surface area contributed by atoms with Gasteiger partial charge in [0.05, 0.1) is 13.2 Å². The van der Waals surface area contributed by atoms with E-state index in [4.69, 9.17) is 9.47 Å². The molecule has 0 aromatic heterocycles. The summed E-state index contributed by atoms with van der Waals surface area (Å²) >= 11 is 0. The maximum absolute atomic E-state index is 12.4. The molecule has 0 spiro atoms. The summed E-state index contributed by atoms with van der Waals surface area (Å²) in [5.74, 6) is 0.621. The summed E-state index contributed by atoms with van der Waals surface area (Å²) in [6, 6.07) is 14.8. The van der Waals surface area contributed by atoms with E-state index in [1.165, 1.54) is 0 Å². The van der Waals surface area contributed by atoms with Crippen molar-refractivity contribution >= 4 is 11.6 Å². The van der Waals surface area contributed by atoms with Crippen LogP contribution in [0.5, 0.6) is 5.75 Å². The van der Waals surface area contributed by atoms with Gasteiger partial charge in [-0.05, 0) is 43.7 Å². The molecular weight excluding hydrogens is 290 g/mol. The van der Waals surface area contributed by atoms with Crippen LogP contribution in [0.3, 0.4) is 0 Å². The molecule has 2 aromatic carbocycles. The molecule has 2 aromatic rings. The smallest absolute Gasteiger partial charge is 0.255 e. The molecule has 0 unspecified atom stereocenters. The lowest BCUT2D eigenvalue weighted by Crippen LogP contribution is -2.12. The number of amides is 1. The van der Waals surface area contributed by atoms with Crippen LogP contribution in [0, 0.1) is 0 Å². The summed E-state index contributed by atoms with van der Waals surface area (Å²) in [5.41, 5.74) is 2.25. The van der Waals surface area contributed by atoms with Gasteiger partial charge in [-0.2, -0.15) is 0 Å². The minimum atomic E-state index is -0.143. The van der Waals surface area contributed by atoms with Crippen LogP contribution in [0.25, 0.3) is 0 Å². The number of ether oxygens (including phenoxy) is 2. The molecule has 4 nitrogen and oxygen atoms in total. The number of carbonyl (C=O) groups is 1. The molecule has 2 rings (SSSR count). The zero-order valence-corrected chi connectivity index (χ0v) is 13.7. The van der Waals surface area contributed by atoms with Gasteiger partial charge in [-0.3, -0.25) is 4.79 Å². The fraction of sp³-hybridized carbons (Fsp3) is 0.316. The second-order valence-electron chi connectivity index (χ2n) is 5.13. The molecule has 0 radical (unpaired) electrons. The summed E-state index contributed by atoms with van der Waals surface area (Å²) in [6.07, 6.45) is 0.957. The molecule has 0 aliphatic rings. The van der Waals surface area contributed by atoms with Crippen molar-refractivity contribution in [1.29, 1.82) is 0 Å². The van der Waals surface area contributed by atoms with Crippen LogP contribution in [0.15, 0.2) is 48.5 Å². The number of carbonyl (C=O) groups excluding carboxylic acids is 1. The minimum Gasteiger partial charge on any atom is -0.494 e. The van der Waals surface area contributed by atoms with Crippen molar-refractivity contribution in [2.24, 2.45) is 0 Å². The van der Waals surface area contributed by atoms with Gasteiger partial charge in [0.15, 0.2) is 0 Å². The number of rotatable bonds is 8. The Balaban J connectivity index is 2.14. The first-order chi connectivity index (χ1) is 11.2. The van der Waals surface area contributed by atoms with Crippen molar-refractivity contribution in [2.45, 2.75) is 26.9 Å². The topological polar surface area (TPSA) is 47.6 Å². The standard InChI is InChI=1S/C19H23NO3/c1-3-12-22-14-16-13-15(10-11-18(16)23-4-2)19(21)20-17-8-6-5-7-9-17/h5-11,13H,3-4,12,14H2,1-2H3,(H,20,21). The average molecular weight is 313 g/mol. The fourth-order valence-corrected chi connectivity index (χ4v) is 2.18. The van der Waals surface area contributed by atoms with Gasteiger partial charge in [0.25, 0.3) is 5.91 Å². The molecule has 4 heteroatoms. The molecule has 122 valence electrons. The van der Waals surface area contributed by atoms with Crippen LogP contribution < -0.4 is 10.1 Å². The third kappa shape index (κ3) is 5.11. The lowest BCUT2D eigenvalue weighted by atomic mass is 10.1. The highest BCUT2D eigenvalue weighted by atomic mass is 16.5. The van der Waals surface area contributed by atoms with E-state index in [9.17, 15) is 4.79 Å². The van der Waals surface area contributed by atoms with Crippen molar-refractivity contribution in [3.05, 3.63) is 59.7 Å². The van der Waals surface area contributed by atoms with E-state index in [2.05, 4.69) is 12.2 Å². The Kier molecular flexibility index (Phi) is 6.63. The van der Waals surface area contributed by atoms with Crippen LogP contribution in [0.2, 0.25) is 0 Å². The Hall–Kier alpha value is -2.33. The first-order valence-electron chi connectivity index (χ1n) is 7.94. The summed E-state index contributed by atoms with van der Waals surface area (Å²) in [5, 5.41) is 2.88. The third-order valence-corrected chi connectivity index (χ3v) is 3.26. The predicted molar refractivity (Wildman–Crippen MR) is 92.0 cm³/mol. The summed E-state index contributed by atoms with van der Waals surface area (Å²) < 4.78 is 11.2. The zero-order valence-electron chi connectivity index (χ0n) is 13.7. The first kappa shape index (κ1) is 17.0. The average Bonchev–Trinajstić information content (AvgIpc) is 2.57. The molecule has 0 saturated heterocycles. The van der Waals surface area contributed by atoms with Crippen molar-refractivity contribution < 1.29 is 14.3 Å². The number of anilines is 1. The van der Waals surface area contributed by atoms with Crippen LogP contribution in [0.4, 0.5) is 5.69 Å². The van der Waals surface area contributed by atoms with Crippen molar-refractivity contribution in [3.63, 3.8) is 0 Å². The van der Waals surface area contributed by atoms with E-state index < -0.39 is 0 Å².